The van der Waals surface area contributed by atoms with Crippen molar-refractivity contribution in [2.24, 2.45) is 16.8 Å². The molecule has 5 amide bonds. The second kappa shape index (κ2) is 20.5. The molecule has 4 aromatic heterocycles. The van der Waals surface area contributed by atoms with Crippen molar-refractivity contribution in [3.05, 3.63) is 111 Å². The summed E-state index contributed by atoms with van der Waals surface area (Å²) in [5.74, 6) is -2.74. The van der Waals surface area contributed by atoms with Crippen LogP contribution in [0.15, 0.2) is 65.8 Å². The topological polar surface area (TPSA) is 232 Å². The summed E-state index contributed by atoms with van der Waals surface area (Å²) in [6.07, 6.45) is 4.88. The van der Waals surface area contributed by atoms with Crippen molar-refractivity contribution in [1.29, 1.82) is 0 Å². The first-order chi connectivity index (χ1) is 38.1. The van der Waals surface area contributed by atoms with Crippen molar-refractivity contribution in [2.75, 3.05) is 52.4 Å². The molecule has 3 fully saturated rings. The highest BCUT2D eigenvalue weighted by molar-refractivity contribution is 7.15. The third kappa shape index (κ3) is 9.25. The second-order valence-electron chi connectivity index (χ2n) is 21.5. The van der Waals surface area contributed by atoms with Crippen LogP contribution in [0.25, 0.3) is 37.9 Å². The lowest BCUT2D eigenvalue weighted by atomic mass is 9.87. The van der Waals surface area contributed by atoms with Gasteiger partial charge in [-0.2, -0.15) is 5.10 Å². The van der Waals surface area contributed by atoms with Crippen LogP contribution in [-0.2, 0) is 35.3 Å². The van der Waals surface area contributed by atoms with Crippen LogP contribution in [-0.4, -0.2) is 143 Å². The second-order valence-corrected chi connectivity index (χ2v) is 23.1. The Bertz CT molecular complexity index is 3700. The van der Waals surface area contributed by atoms with Gasteiger partial charge in [-0.05, 0) is 87.9 Å². The van der Waals surface area contributed by atoms with Crippen LogP contribution in [0.1, 0.15) is 95.8 Å². The van der Waals surface area contributed by atoms with Gasteiger partial charge in [-0.3, -0.25) is 38.2 Å². The lowest BCUT2D eigenvalue weighted by molar-refractivity contribution is -0.150. The van der Waals surface area contributed by atoms with Crippen LogP contribution in [0.4, 0.5) is 4.39 Å². The first-order valence-electron chi connectivity index (χ1n) is 26.8. The van der Waals surface area contributed by atoms with Gasteiger partial charge in [0.05, 0.1) is 42.0 Å². The number of aryl methyl sites for hydroxylation is 2. The summed E-state index contributed by atoms with van der Waals surface area (Å²) in [5, 5.41) is 35.3. The molecule has 13 rings (SSSR count). The van der Waals surface area contributed by atoms with E-state index < -0.39 is 48.7 Å². The Balaban J connectivity index is 0.751. The molecule has 0 aliphatic carbocycles. The molecule has 7 aromatic rings. The summed E-state index contributed by atoms with van der Waals surface area (Å²) < 4.78 is 19.9. The van der Waals surface area contributed by atoms with Gasteiger partial charge in [0.2, 0.25) is 23.6 Å². The molecule has 0 radical (unpaired) electrons. The van der Waals surface area contributed by atoms with Gasteiger partial charge in [0.15, 0.2) is 5.82 Å². The third-order valence-electron chi connectivity index (χ3n) is 16.8. The maximum absolute atomic E-state index is 16.4. The van der Waals surface area contributed by atoms with Gasteiger partial charge in [-0.1, -0.05) is 40.7 Å². The van der Waals surface area contributed by atoms with Gasteiger partial charge in [-0.15, -0.1) is 31.2 Å². The van der Waals surface area contributed by atoms with Gasteiger partial charge >= 0.3 is 11.9 Å². The van der Waals surface area contributed by atoms with E-state index in [0.29, 0.717) is 127 Å². The molecule has 6 aliphatic rings. The molecule has 0 saturated carbocycles. The van der Waals surface area contributed by atoms with E-state index in [0.717, 1.165) is 32.3 Å². The molecule has 79 heavy (non-hydrogen) atoms. The van der Waals surface area contributed by atoms with Crippen molar-refractivity contribution >= 4 is 86.0 Å². The van der Waals surface area contributed by atoms with Crippen LogP contribution >= 0.6 is 22.9 Å². The lowest BCUT2D eigenvalue weighted by Gasteiger charge is -2.43. The van der Waals surface area contributed by atoms with Crippen LogP contribution in [0, 0.1) is 38.4 Å². The summed E-state index contributed by atoms with van der Waals surface area (Å²) in [6, 6.07) is 15.6. The number of likely N-dealkylation sites (tertiary alicyclic amines) is 2. The standard InChI is InChI=1S/C56H57ClFN13O7S/c1-30-31(2)79-55-49(30)51(33-9-11-38(57)12-10-33)62-42(53-64-63-32(3)69(53)55)24-47(74)66-18-13-35(14-19-66)54(77)67-17-5-6-36(28-67)56(78)71-20-15-34(16-21-71)52-50-39(40-23-44-37(22-41(40)58)25-61-70(44)71)7-4-8-43(50)68(65-52)29-46(73)59-26-45(72)60-27-48(75)76/h4,7-12,22-23,25,34-36,42H,5-6,13-21,24,26-29H2,1-3H3,(H2-,59,60,72,73,75,76)/p+1/t34?,36?,42-,71?/m0/s1. The summed E-state index contributed by atoms with van der Waals surface area (Å²) in [5.41, 5.74) is 6.47. The minimum Gasteiger partial charge on any atom is -0.480 e. The SMILES string of the molecule is Cc1sc2c(c1C)C(c1ccc(Cl)cc1)=N[C@@H](CC(=O)N1CCC(C(=O)N3CCCC(C(=O)[N+]45CCC(CC4)c4nn(CC(=O)NCC(=O)NCC(=O)O)c6cccc(c46)-c4cc6c(cnn65)cc4F)C3)CC1)c1nnc(C)n1-2. The number of carbonyl (C=O) groups excluding carboxylic acids is 5. The number of aliphatic carboxylic acids is 1. The molecule has 10 heterocycles. The van der Waals surface area contributed by atoms with Gasteiger partial charge in [0.1, 0.15) is 54.4 Å². The van der Waals surface area contributed by atoms with E-state index in [2.05, 4.69) is 34.7 Å². The smallest absolute Gasteiger partial charge is 0.344 e. The molecule has 3 aromatic carbocycles. The Labute approximate surface area is 461 Å². The molecule has 408 valence electrons. The number of benzene rings is 3. The molecule has 3 saturated heterocycles. The van der Waals surface area contributed by atoms with Crippen molar-refractivity contribution < 1.29 is 38.3 Å². The number of quaternary nitrogens is 1. The number of piperidine rings is 3. The van der Waals surface area contributed by atoms with E-state index in [9.17, 15) is 24.0 Å². The van der Waals surface area contributed by atoms with Gasteiger partial charge in [0.25, 0.3) is 0 Å². The fourth-order valence-electron chi connectivity index (χ4n) is 12.6. The average molecular weight is 1110 g/mol. The zero-order chi connectivity index (χ0) is 55.0. The van der Waals surface area contributed by atoms with Crippen LogP contribution in [0.5, 0.6) is 0 Å². The Hall–Kier alpha value is -7.69. The minimum absolute atomic E-state index is 0.0146. The van der Waals surface area contributed by atoms with E-state index in [1.54, 1.807) is 39.1 Å². The largest absolute Gasteiger partial charge is 0.480 e. The Morgan fingerprint density at radius 3 is 2.37 bits per heavy atom. The van der Waals surface area contributed by atoms with E-state index in [-0.39, 0.29) is 53.7 Å². The number of hydrogen-bond donors (Lipinski definition) is 3. The van der Waals surface area contributed by atoms with E-state index >= 15 is 9.18 Å². The number of amides is 5. The zero-order valence-corrected chi connectivity index (χ0v) is 45.4. The number of carbonyl (C=O) groups is 6. The summed E-state index contributed by atoms with van der Waals surface area (Å²) in [4.78, 5) is 92.6. The van der Waals surface area contributed by atoms with Crippen molar-refractivity contribution in [3.8, 4) is 16.1 Å². The number of aromatic nitrogens is 7. The zero-order valence-electron chi connectivity index (χ0n) is 43.9. The molecule has 4 bridgehead atoms. The number of carboxylic acid groups (broad SMARTS) is 1. The number of rotatable bonds is 11. The van der Waals surface area contributed by atoms with Crippen molar-refractivity contribution in [1.82, 2.24) is 59.5 Å². The highest BCUT2D eigenvalue weighted by Gasteiger charge is 2.51. The Morgan fingerprint density at radius 1 is 0.848 bits per heavy atom. The predicted octanol–water partition coefficient (Wildman–Crippen LogP) is 6.05. The molecule has 3 N–H and O–H groups in total. The number of fused-ring (bicyclic) bond motifs is 5. The van der Waals surface area contributed by atoms with Gasteiger partial charge in [-0.25, -0.2) is 9.18 Å². The maximum Gasteiger partial charge on any atom is 0.344 e. The highest BCUT2D eigenvalue weighted by atomic mass is 35.5. The van der Waals surface area contributed by atoms with Gasteiger partial charge in [0, 0.05) is 88.2 Å². The summed E-state index contributed by atoms with van der Waals surface area (Å²) in [6.45, 7) is 7.09. The molecular weight excluding hydrogens is 1050 g/mol. The quantitative estimate of drug-likeness (QED) is 0.126. The first-order valence-corrected chi connectivity index (χ1v) is 28.0. The monoisotopic (exact) mass is 1110 g/mol. The maximum atomic E-state index is 16.4. The van der Waals surface area contributed by atoms with E-state index in [1.807, 2.05) is 57.7 Å². The summed E-state index contributed by atoms with van der Waals surface area (Å²) >= 11 is 7.97. The van der Waals surface area contributed by atoms with E-state index in [4.69, 9.17) is 31.9 Å². The Kier molecular flexibility index (Phi) is 13.5. The van der Waals surface area contributed by atoms with Crippen LogP contribution < -0.4 is 15.2 Å². The number of halogens is 2. The molecule has 2 atom stereocenters. The highest BCUT2D eigenvalue weighted by Crippen LogP contribution is 2.44. The van der Waals surface area contributed by atoms with Crippen LogP contribution in [0.3, 0.4) is 0 Å². The minimum atomic E-state index is -1.21. The van der Waals surface area contributed by atoms with Crippen molar-refractivity contribution in [2.45, 2.75) is 84.2 Å². The number of nitrogens with one attached hydrogen (secondary N) is 2. The normalized spacial score (nSPS) is 20.8. The molecule has 23 heteroatoms. The number of aliphatic imine (C=N–C) groups is 1. The van der Waals surface area contributed by atoms with Crippen molar-refractivity contribution in [3.63, 3.8) is 0 Å². The fourth-order valence-corrected chi connectivity index (χ4v) is 13.9. The average Bonchev–Trinajstić information content (AvgIpc) is 4.31. The molecule has 0 spiro atoms. The Morgan fingerprint density at radius 2 is 1.61 bits per heavy atom. The summed E-state index contributed by atoms with van der Waals surface area (Å²) in [7, 11) is 0. The molecule has 6 aliphatic heterocycles. The van der Waals surface area contributed by atoms with Crippen LogP contribution in [0.2, 0.25) is 5.02 Å². The lowest BCUT2D eigenvalue weighted by Crippen LogP contribution is -2.68. The number of hydrogen-bond acceptors (Lipinski definition) is 12. The third-order valence-corrected chi connectivity index (χ3v) is 18.2. The molecular formula is C56H58ClFN13O7S+. The molecule has 1 unspecified atom stereocenters. The van der Waals surface area contributed by atoms with E-state index in [1.165, 1.54) is 6.07 Å². The predicted molar refractivity (Wildman–Crippen MR) is 293 cm³/mol. The fraction of sp³-hybridized carbons (Fsp3) is 0.411. The number of carboxylic acids is 1. The number of nitrogens with zero attached hydrogens (tertiary/aromatic N) is 11. The first kappa shape index (κ1) is 52.0. The van der Waals surface area contributed by atoms with Gasteiger partial charge < -0.3 is 25.5 Å². The molecule has 20 nitrogen and oxygen atoms in total. The number of thiophene rings is 1.